The van der Waals surface area contributed by atoms with Gasteiger partial charge < -0.3 is 15.0 Å². The maximum atomic E-state index is 14.2. The van der Waals surface area contributed by atoms with Gasteiger partial charge in [-0.3, -0.25) is 14.2 Å². The molecule has 41 heavy (non-hydrogen) atoms. The maximum absolute atomic E-state index is 14.2. The van der Waals surface area contributed by atoms with Crippen LogP contribution in [0.3, 0.4) is 0 Å². The Balaban J connectivity index is 1.58. The van der Waals surface area contributed by atoms with E-state index in [0.717, 1.165) is 32.8 Å². The summed E-state index contributed by atoms with van der Waals surface area (Å²) in [4.78, 5) is 44.1. The first-order chi connectivity index (χ1) is 19.9. The lowest BCUT2D eigenvalue weighted by atomic mass is 9.91. The molecule has 3 heterocycles. The molecule has 0 saturated heterocycles. The number of nitrogens with two attached hydrogens (primary N) is 1. The minimum absolute atomic E-state index is 0.210. The molecule has 1 aliphatic rings. The highest BCUT2D eigenvalue weighted by Gasteiger charge is 2.34. The van der Waals surface area contributed by atoms with Crippen molar-refractivity contribution in [3.63, 3.8) is 0 Å². The number of carbonyl (C=O) groups is 2. The fourth-order valence-electron chi connectivity index (χ4n) is 5.52. The molecule has 1 amide bonds. The van der Waals surface area contributed by atoms with Crippen LogP contribution in [0.1, 0.15) is 37.4 Å². The molecule has 5 aromatic rings. The molecule has 0 radical (unpaired) electrons. The third-order valence-electron chi connectivity index (χ3n) is 7.34. The maximum Gasteiger partial charge on any atom is 0.338 e. The monoisotopic (exact) mass is 564 g/mol. The molecule has 206 valence electrons. The van der Waals surface area contributed by atoms with Gasteiger partial charge in [0.1, 0.15) is 0 Å². The summed E-state index contributed by atoms with van der Waals surface area (Å²) in [6, 6.07) is 21.0. The molecule has 9 heteroatoms. The third-order valence-corrected chi connectivity index (χ3v) is 8.32. The van der Waals surface area contributed by atoms with Gasteiger partial charge in [-0.1, -0.05) is 72.0 Å². The van der Waals surface area contributed by atoms with Gasteiger partial charge in [-0.05, 0) is 42.3 Å². The molecule has 0 spiro atoms. The van der Waals surface area contributed by atoms with Crippen LogP contribution in [0.25, 0.3) is 27.8 Å². The van der Waals surface area contributed by atoms with Gasteiger partial charge >= 0.3 is 5.97 Å². The zero-order valence-electron chi connectivity index (χ0n) is 22.7. The number of benzene rings is 3. The summed E-state index contributed by atoms with van der Waals surface area (Å²) >= 11 is 1.29. The number of nitrogens with zero attached hydrogens (tertiary/aromatic N) is 3. The van der Waals surface area contributed by atoms with Crippen molar-refractivity contribution >= 4 is 51.0 Å². The number of allylic oxidation sites excluding steroid dienone is 1. The molecular formula is C32H28N4O4S. The number of hydrogen-bond acceptors (Lipinski definition) is 6. The number of aromatic nitrogens is 2. The van der Waals surface area contributed by atoms with E-state index in [-0.39, 0.29) is 24.5 Å². The van der Waals surface area contributed by atoms with Crippen molar-refractivity contribution in [3.05, 3.63) is 115 Å². The van der Waals surface area contributed by atoms with Crippen molar-refractivity contribution in [1.29, 1.82) is 0 Å². The van der Waals surface area contributed by atoms with E-state index in [1.807, 2.05) is 83.6 Å². The number of primary amides is 1. The van der Waals surface area contributed by atoms with Crippen molar-refractivity contribution in [2.75, 3.05) is 6.61 Å². The number of hydrogen-bond donors (Lipinski definition) is 1. The molecule has 1 atom stereocenters. The van der Waals surface area contributed by atoms with E-state index in [0.29, 0.717) is 27.1 Å². The molecule has 0 saturated carbocycles. The number of rotatable bonds is 7. The number of fused-ring (bicyclic) bond motifs is 3. The Bertz CT molecular complexity index is 2060. The third kappa shape index (κ3) is 4.68. The minimum Gasteiger partial charge on any atom is -0.463 e. The SMILES string of the molecule is CCOC(=O)C1=C(C)N=c2s/c(=C/c3cn(CCC(N)=O)c4ccccc34)c(=O)n2[C@@H]1c1cccc2ccccc12. The minimum atomic E-state index is -0.699. The van der Waals surface area contributed by atoms with Crippen LogP contribution in [-0.2, 0) is 20.9 Å². The normalized spacial score (nSPS) is 15.3. The van der Waals surface area contributed by atoms with Gasteiger partial charge in [0, 0.05) is 35.6 Å². The Morgan fingerprint density at radius 2 is 1.78 bits per heavy atom. The van der Waals surface area contributed by atoms with E-state index < -0.39 is 12.0 Å². The van der Waals surface area contributed by atoms with Crippen LogP contribution in [0, 0.1) is 0 Å². The van der Waals surface area contributed by atoms with Crippen LogP contribution in [0.5, 0.6) is 0 Å². The first-order valence-electron chi connectivity index (χ1n) is 13.4. The zero-order valence-corrected chi connectivity index (χ0v) is 23.5. The summed E-state index contributed by atoms with van der Waals surface area (Å²) in [5.41, 5.74) is 8.66. The first-order valence-corrected chi connectivity index (χ1v) is 14.2. The highest BCUT2D eigenvalue weighted by Crippen LogP contribution is 2.35. The first kappa shape index (κ1) is 26.5. The second kappa shape index (κ2) is 10.7. The highest BCUT2D eigenvalue weighted by molar-refractivity contribution is 7.07. The van der Waals surface area contributed by atoms with Crippen molar-refractivity contribution in [1.82, 2.24) is 9.13 Å². The Labute approximate surface area is 239 Å². The number of amides is 1. The number of thiazole rings is 1. The number of para-hydroxylation sites is 1. The predicted octanol–water partition coefficient (Wildman–Crippen LogP) is 3.78. The average Bonchev–Trinajstić information content (AvgIpc) is 3.47. The standard InChI is InChI=1S/C32H28N4O4S/c1-3-40-31(39)28-19(2)34-32-36(29(28)24-13-8-10-20-9-4-5-11-22(20)24)30(38)26(41-32)17-21-18-35(16-15-27(33)37)25-14-7-6-12-23(21)25/h4-14,17-18,29H,3,15-16H2,1-2H3,(H2,33,37)/b26-17+/t29-/m1/s1. The summed E-state index contributed by atoms with van der Waals surface area (Å²) in [5, 5.41) is 2.91. The smallest absolute Gasteiger partial charge is 0.338 e. The van der Waals surface area contributed by atoms with Crippen LogP contribution in [-0.4, -0.2) is 27.6 Å². The molecule has 0 fully saturated rings. The van der Waals surface area contributed by atoms with E-state index in [1.54, 1.807) is 18.4 Å². The van der Waals surface area contributed by atoms with Crippen molar-refractivity contribution < 1.29 is 14.3 Å². The van der Waals surface area contributed by atoms with E-state index in [1.165, 1.54) is 11.3 Å². The lowest BCUT2D eigenvalue weighted by molar-refractivity contribution is -0.139. The topological polar surface area (TPSA) is 109 Å². The van der Waals surface area contributed by atoms with E-state index in [4.69, 9.17) is 15.5 Å². The van der Waals surface area contributed by atoms with Crippen molar-refractivity contribution in [2.45, 2.75) is 32.9 Å². The van der Waals surface area contributed by atoms with Crippen LogP contribution < -0.4 is 20.6 Å². The molecule has 0 unspecified atom stereocenters. The van der Waals surface area contributed by atoms with Crippen LogP contribution in [0.4, 0.5) is 0 Å². The van der Waals surface area contributed by atoms with Crippen molar-refractivity contribution in [3.8, 4) is 0 Å². The number of aryl methyl sites for hydroxylation is 1. The summed E-state index contributed by atoms with van der Waals surface area (Å²) in [6.45, 7) is 4.19. The second-order valence-corrected chi connectivity index (χ2v) is 10.9. The molecule has 3 aromatic carbocycles. The Hall–Kier alpha value is -4.76. The van der Waals surface area contributed by atoms with E-state index in [2.05, 4.69) is 0 Å². The lowest BCUT2D eigenvalue weighted by Gasteiger charge is -2.25. The van der Waals surface area contributed by atoms with Gasteiger partial charge in [-0.2, -0.15) is 0 Å². The van der Waals surface area contributed by atoms with Gasteiger partial charge in [-0.25, -0.2) is 9.79 Å². The summed E-state index contributed by atoms with van der Waals surface area (Å²) in [5.74, 6) is -0.864. The van der Waals surface area contributed by atoms with E-state index >= 15 is 0 Å². The molecule has 8 nitrogen and oxygen atoms in total. The van der Waals surface area contributed by atoms with Crippen LogP contribution in [0.2, 0.25) is 0 Å². The Morgan fingerprint density at radius 1 is 1.05 bits per heavy atom. The predicted molar refractivity (Wildman–Crippen MR) is 160 cm³/mol. The van der Waals surface area contributed by atoms with Gasteiger partial charge in [0.25, 0.3) is 5.56 Å². The van der Waals surface area contributed by atoms with Gasteiger partial charge in [0.2, 0.25) is 5.91 Å². The molecule has 0 aliphatic carbocycles. The largest absolute Gasteiger partial charge is 0.463 e. The summed E-state index contributed by atoms with van der Waals surface area (Å²) < 4.78 is 9.53. The zero-order chi connectivity index (χ0) is 28.7. The van der Waals surface area contributed by atoms with Gasteiger partial charge in [0.15, 0.2) is 4.80 Å². The molecule has 0 bridgehead atoms. The quantitative estimate of drug-likeness (QED) is 0.304. The van der Waals surface area contributed by atoms with Crippen molar-refractivity contribution in [2.24, 2.45) is 10.7 Å². The number of esters is 1. The average molecular weight is 565 g/mol. The molecule has 1 aliphatic heterocycles. The Kier molecular flexibility index (Phi) is 6.88. The van der Waals surface area contributed by atoms with Crippen LogP contribution in [0.15, 0.2) is 94.0 Å². The van der Waals surface area contributed by atoms with E-state index in [9.17, 15) is 14.4 Å². The fourth-order valence-corrected chi connectivity index (χ4v) is 6.56. The number of ether oxygens (including phenoxy) is 1. The lowest BCUT2D eigenvalue weighted by Crippen LogP contribution is -2.40. The molecule has 2 aromatic heterocycles. The fraction of sp³-hybridized carbons (Fsp3) is 0.188. The molecule has 6 rings (SSSR count). The van der Waals surface area contributed by atoms with Crippen LogP contribution >= 0.6 is 11.3 Å². The summed E-state index contributed by atoms with van der Waals surface area (Å²) in [7, 11) is 0. The number of carbonyl (C=O) groups excluding carboxylic acids is 2. The second-order valence-electron chi connectivity index (χ2n) is 9.88. The van der Waals surface area contributed by atoms with Gasteiger partial charge in [-0.15, -0.1) is 0 Å². The molecular weight excluding hydrogens is 536 g/mol. The van der Waals surface area contributed by atoms with Gasteiger partial charge in [0.05, 0.1) is 28.5 Å². The molecule has 2 N–H and O–H groups in total. The highest BCUT2D eigenvalue weighted by atomic mass is 32.1. The Morgan fingerprint density at radius 3 is 2.56 bits per heavy atom. The summed E-state index contributed by atoms with van der Waals surface area (Å²) in [6.07, 6.45) is 4.00.